The van der Waals surface area contributed by atoms with Gasteiger partial charge in [0.25, 0.3) is 0 Å². The minimum absolute atomic E-state index is 0.0231. The Morgan fingerprint density at radius 1 is 0.958 bits per heavy atom. The molecule has 0 atom stereocenters. The lowest BCUT2D eigenvalue weighted by atomic mass is 9.92. The van der Waals surface area contributed by atoms with Crippen LogP contribution in [0.2, 0.25) is 0 Å². The smallest absolute Gasteiger partial charge is 0.144 e. The van der Waals surface area contributed by atoms with Crippen molar-refractivity contribution in [3.8, 4) is 17.1 Å². The van der Waals surface area contributed by atoms with Gasteiger partial charge in [-0.05, 0) is 29.8 Å². The highest BCUT2D eigenvalue weighted by molar-refractivity contribution is 5.62. The molecule has 0 amide bonds. The monoisotopic (exact) mass is 323 g/mol. The third kappa shape index (κ3) is 3.01. The first-order chi connectivity index (χ1) is 13.5. The van der Waals surface area contributed by atoms with E-state index in [1.165, 1.54) is 0 Å². The van der Waals surface area contributed by atoms with E-state index in [0.29, 0.717) is 11.4 Å². The van der Waals surface area contributed by atoms with E-state index in [9.17, 15) is 0 Å². The fourth-order valence-corrected chi connectivity index (χ4v) is 2.98. The van der Waals surface area contributed by atoms with Crippen LogP contribution >= 0.6 is 0 Å². The second kappa shape index (κ2) is 6.64. The molecule has 2 aromatic carbocycles. The lowest BCUT2D eigenvalue weighted by molar-refractivity contribution is 0.807. The molecule has 2 nitrogen and oxygen atoms in total. The molecule has 0 aliphatic heterocycles. The molecule has 0 fully saturated rings. The maximum Gasteiger partial charge on any atom is 0.144 e. The van der Waals surface area contributed by atoms with Gasteiger partial charge in [-0.1, -0.05) is 75.7 Å². The van der Waals surface area contributed by atoms with Crippen LogP contribution in [-0.2, 0) is 0 Å². The van der Waals surface area contributed by atoms with E-state index in [0.717, 1.165) is 16.8 Å². The number of imidazole rings is 1. The quantitative estimate of drug-likeness (QED) is 0.567. The van der Waals surface area contributed by atoms with Crippen molar-refractivity contribution in [1.29, 1.82) is 0 Å². The van der Waals surface area contributed by atoms with Gasteiger partial charge >= 0.3 is 0 Å². The van der Waals surface area contributed by atoms with Gasteiger partial charge in [0.1, 0.15) is 5.82 Å². The van der Waals surface area contributed by atoms with E-state index in [-0.39, 0.29) is 29.7 Å². The molecule has 0 radical (unpaired) electrons. The second-order valence-corrected chi connectivity index (χ2v) is 6.67. The van der Waals surface area contributed by atoms with E-state index >= 15 is 0 Å². The van der Waals surface area contributed by atoms with Crippen LogP contribution in [0.15, 0.2) is 54.8 Å². The van der Waals surface area contributed by atoms with Crippen LogP contribution in [0, 0.1) is 6.85 Å². The van der Waals surface area contributed by atoms with Crippen LogP contribution in [0.5, 0.6) is 0 Å². The normalized spacial score (nSPS) is 15.0. The molecule has 124 valence electrons. The minimum atomic E-state index is -2.18. The average Bonchev–Trinajstić information content (AvgIpc) is 2.95. The Labute approximate surface area is 152 Å². The number of aromatic nitrogens is 2. The minimum Gasteiger partial charge on any atom is -0.299 e. The topological polar surface area (TPSA) is 17.8 Å². The largest absolute Gasteiger partial charge is 0.299 e. The molecule has 0 aliphatic rings. The van der Waals surface area contributed by atoms with Crippen molar-refractivity contribution >= 4 is 0 Å². The molecular weight excluding hydrogens is 292 g/mol. The first-order valence-corrected chi connectivity index (χ1v) is 8.32. The van der Waals surface area contributed by atoms with Gasteiger partial charge < -0.3 is 0 Å². The fraction of sp³-hybridized carbons (Fsp3) is 0.318. The number of hydrogen-bond acceptors (Lipinski definition) is 1. The zero-order valence-electron chi connectivity index (χ0n) is 19.6. The van der Waals surface area contributed by atoms with E-state index in [1.807, 2.05) is 6.07 Å². The van der Waals surface area contributed by atoms with Gasteiger partial charge in [-0.15, -0.1) is 0 Å². The summed E-state index contributed by atoms with van der Waals surface area (Å²) >= 11 is 0. The maximum atomic E-state index is 8.54. The van der Waals surface area contributed by atoms with Gasteiger partial charge in [0, 0.05) is 22.0 Å². The molecule has 0 saturated carbocycles. The first kappa shape index (κ1) is 11.2. The van der Waals surface area contributed by atoms with Crippen molar-refractivity contribution in [2.45, 2.75) is 46.4 Å². The molecule has 24 heavy (non-hydrogen) atoms. The molecule has 0 saturated heterocycles. The van der Waals surface area contributed by atoms with Crippen molar-refractivity contribution in [2.75, 3.05) is 0 Å². The summed E-state index contributed by atoms with van der Waals surface area (Å²) in [5.41, 5.74) is 3.99. The fourth-order valence-electron chi connectivity index (χ4n) is 2.98. The number of rotatable bonds is 4. The molecule has 3 rings (SSSR count). The number of hydrogen-bond donors (Lipinski definition) is 0. The summed E-state index contributed by atoms with van der Waals surface area (Å²) in [5.74, 6) is 0.933. The van der Waals surface area contributed by atoms with Crippen LogP contribution in [0.3, 0.4) is 0 Å². The summed E-state index contributed by atoms with van der Waals surface area (Å²) in [6.45, 7) is 6.25. The van der Waals surface area contributed by atoms with Crippen LogP contribution in [0.1, 0.15) is 63.1 Å². The van der Waals surface area contributed by atoms with Gasteiger partial charge in [-0.25, -0.2) is 4.98 Å². The lowest BCUT2D eigenvalue weighted by Gasteiger charge is -2.21. The van der Waals surface area contributed by atoms with E-state index < -0.39 is 6.85 Å². The Hall–Kier alpha value is -2.35. The van der Waals surface area contributed by atoms with Crippen molar-refractivity contribution in [3.63, 3.8) is 0 Å². The molecular formula is C22H26N2. The predicted molar refractivity (Wildman–Crippen MR) is 102 cm³/mol. The first-order valence-electron chi connectivity index (χ1n) is 10.8. The number of aryl methyl sites for hydroxylation is 1. The summed E-state index contributed by atoms with van der Waals surface area (Å²) in [7, 11) is 0. The number of para-hydroxylation sites is 1. The van der Waals surface area contributed by atoms with Crippen molar-refractivity contribution in [2.24, 2.45) is 0 Å². The summed E-state index contributed by atoms with van der Waals surface area (Å²) in [6, 6.07) is 12.7. The predicted octanol–water partition coefficient (Wildman–Crippen LogP) is 6.09. The van der Waals surface area contributed by atoms with Crippen LogP contribution in [0.25, 0.3) is 17.1 Å². The summed E-state index contributed by atoms with van der Waals surface area (Å²) in [5, 5.41) is 0. The van der Waals surface area contributed by atoms with E-state index in [2.05, 4.69) is 44.8 Å². The molecule has 0 spiro atoms. The zero-order valence-corrected chi connectivity index (χ0v) is 14.6. The molecule has 0 unspecified atom stereocenters. The Bertz CT molecular complexity index is 989. The standard InChI is InChI=1S/C22H26N2/c1-15(2)19-7-6-8-20(16(3)4)21(19)24-14-13-23-22(24)18-11-9-17(5)10-12-18/h6-16H,1-5H3/i5D3,13D,14D. The van der Waals surface area contributed by atoms with Crippen molar-refractivity contribution < 1.29 is 6.85 Å². The Morgan fingerprint density at radius 3 is 2.12 bits per heavy atom. The Kier molecular flexibility index (Phi) is 3.11. The lowest BCUT2D eigenvalue weighted by Crippen LogP contribution is -2.07. The van der Waals surface area contributed by atoms with Crippen LogP contribution in [-0.4, -0.2) is 9.55 Å². The summed E-state index contributed by atoms with van der Waals surface area (Å²) in [4.78, 5) is 4.35. The highest BCUT2D eigenvalue weighted by atomic mass is 15.1. The molecule has 0 bridgehead atoms. The number of benzene rings is 2. The van der Waals surface area contributed by atoms with Crippen LogP contribution < -0.4 is 0 Å². The molecule has 3 aromatic rings. The Morgan fingerprint density at radius 2 is 1.58 bits per heavy atom. The average molecular weight is 323 g/mol. The van der Waals surface area contributed by atoms with Gasteiger partial charge in [-0.2, -0.15) is 0 Å². The van der Waals surface area contributed by atoms with Crippen LogP contribution in [0.4, 0.5) is 0 Å². The molecule has 0 aliphatic carbocycles. The Balaban J connectivity index is 2.29. The third-order valence-electron chi connectivity index (χ3n) is 4.24. The third-order valence-corrected chi connectivity index (χ3v) is 4.24. The highest BCUT2D eigenvalue weighted by Gasteiger charge is 2.18. The van der Waals surface area contributed by atoms with E-state index in [1.54, 1.807) is 28.8 Å². The van der Waals surface area contributed by atoms with Crippen molar-refractivity contribution in [3.05, 3.63) is 71.5 Å². The van der Waals surface area contributed by atoms with E-state index in [4.69, 9.17) is 6.85 Å². The molecule has 2 heteroatoms. The van der Waals surface area contributed by atoms with Gasteiger partial charge in [0.15, 0.2) is 0 Å². The molecule has 0 N–H and O–H groups in total. The molecule has 1 aromatic heterocycles. The summed E-state index contributed by atoms with van der Waals surface area (Å²) in [6.07, 6.45) is -0.0805. The zero-order chi connectivity index (χ0) is 21.5. The SMILES string of the molecule is [2H]c1nc(-c2ccc(C([2H])([2H])[2H])cc2)n(-c2c(C(C)C)cccc2C(C)C)c1[2H]. The van der Waals surface area contributed by atoms with Gasteiger partial charge in [-0.3, -0.25) is 4.57 Å². The van der Waals surface area contributed by atoms with Gasteiger partial charge in [0.05, 0.1) is 8.43 Å². The summed E-state index contributed by atoms with van der Waals surface area (Å²) < 4.78 is 41.1. The number of nitrogens with zero attached hydrogens (tertiary/aromatic N) is 2. The van der Waals surface area contributed by atoms with Crippen molar-refractivity contribution in [1.82, 2.24) is 9.55 Å². The second-order valence-electron chi connectivity index (χ2n) is 6.67. The highest BCUT2D eigenvalue weighted by Crippen LogP contribution is 2.33. The maximum absolute atomic E-state index is 8.54. The molecule has 1 heterocycles. The van der Waals surface area contributed by atoms with Gasteiger partial charge in [0.2, 0.25) is 0 Å².